The van der Waals surface area contributed by atoms with Crippen molar-refractivity contribution >= 4 is 16.8 Å². The summed E-state index contributed by atoms with van der Waals surface area (Å²) in [6.45, 7) is 2.78. The fourth-order valence-electron chi connectivity index (χ4n) is 2.02. The molecule has 0 aliphatic carbocycles. The van der Waals surface area contributed by atoms with E-state index in [9.17, 15) is 0 Å². The fraction of sp³-hybridized carbons (Fsp3) is 0.364. The van der Waals surface area contributed by atoms with Gasteiger partial charge in [-0.2, -0.15) is 0 Å². The van der Waals surface area contributed by atoms with Crippen molar-refractivity contribution in [3.05, 3.63) is 24.6 Å². The Bertz CT molecular complexity index is 473. The molecule has 0 amide bonds. The van der Waals surface area contributed by atoms with Gasteiger partial charge in [0.15, 0.2) is 0 Å². The molecule has 2 aromatic rings. The quantitative estimate of drug-likeness (QED) is 0.797. The summed E-state index contributed by atoms with van der Waals surface area (Å²) in [7, 11) is 0. The highest BCUT2D eigenvalue weighted by Gasteiger charge is 2.27. The van der Waals surface area contributed by atoms with Crippen molar-refractivity contribution in [2.75, 3.05) is 24.5 Å². The molecule has 0 unspecified atom stereocenters. The molecule has 3 heterocycles. The van der Waals surface area contributed by atoms with E-state index in [2.05, 4.69) is 9.88 Å². The molecule has 4 heteroatoms. The molecule has 2 aromatic heterocycles. The number of fused-ring (bicyclic) bond motifs is 1. The summed E-state index contributed by atoms with van der Waals surface area (Å²) in [6.07, 6.45) is 3.49. The second-order valence-corrected chi connectivity index (χ2v) is 3.97. The minimum Gasteiger partial charge on any atom is -0.464 e. The Morgan fingerprint density at radius 2 is 2.33 bits per heavy atom. The molecule has 1 aliphatic heterocycles. The molecular formula is C11H13N3O. The summed E-state index contributed by atoms with van der Waals surface area (Å²) < 4.78 is 5.34. The lowest BCUT2D eigenvalue weighted by Gasteiger charge is -2.39. The van der Waals surface area contributed by atoms with Gasteiger partial charge in [-0.05, 0) is 18.7 Å². The van der Waals surface area contributed by atoms with Gasteiger partial charge < -0.3 is 15.1 Å². The van der Waals surface area contributed by atoms with E-state index in [0.717, 1.165) is 36.4 Å². The first-order chi connectivity index (χ1) is 7.38. The third kappa shape index (κ3) is 1.29. The zero-order chi connectivity index (χ0) is 10.3. The Balaban J connectivity index is 1.95. The van der Waals surface area contributed by atoms with Gasteiger partial charge in [-0.3, -0.25) is 0 Å². The standard InChI is InChI=1S/C11H13N3O/c12-5-8-6-14(7-8)11-9-2-4-15-10(9)1-3-13-11/h1-4,8H,5-7,12H2. The molecule has 1 aliphatic rings. The maximum Gasteiger partial charge on any atom is 0.139 e. The van der Waals surface area contributed by atoms with Gasteiger partial charge in [0.2, 0.25) is 0 Å². The number of aromatic nitrogens is 1. The first-order valence-corrected chi connectivity index (χ1v) is 5.15. The molecule has 0 saturated carbocycles. The van der Waals surface area contributed by atoms with Crippen LogP contribution in [0, 0.1) is 5.92 Å². The normalized spacial score (nSPS) is 17.0. The molecule has 2 N–H and O–H groups in total. The lowest BCUT2D eigenvalue weighted by Crippen LogP contribution is -2.50. The third-order valence-electron chi connectivity index (χ3n) is 2.95. The summed E-state index contributed by atoms with van der Waals surface area (Å²) in [6, 6.07) is 3.85. The Morgan fingerprint density at radius 3 is 3.13 bits per heavy atom. The molecular weight excluding hydrogens is 190 g/mol. The maximum absolute atomic E-state index is 5.60. The monoisotopic (exact) mass is 203 g/mol. The molecule has 0 radical (unpaired) electrons. The first kappa shape index (κ1) is 8.73. The largest absolute Gasteiger partial charge is 0.464 e. The van der Waals surface area contributed by atoms with E-state index in [-0.39, 0.29) is 0 Å². The number of hydrogen-bond donors (Lipinski definition) is 1. The van der Waals surface area contributed by atoms with Crippen LogP contribution in [0.15, 0.2) is 29.0 Å². The van der Waals surface area contributed by atoms with E-state index < -0.39 is 0 Å². The van der Waals surface area contributed by atoms with Crippen LogP contribution in [-0.4, -0.2) is 24.6 Å². The fourth-order valence-corrected chi connectivity index (χ4v) is 2.02. The molecule has 3 rings (SSSR count). The van der Waals surface area contributed by atoms with Gasteiger partial charge in [0.1, 0.15) is 11.4 Å². The number of anilines is 1. The van der Waals surface area contributed by atoms with E-state index in [1.54, 1.807) is 12.5 Å². The molecule has 15 heavy (non-hydrogen) atoms. The summed E-state index contributed by atoms with van der Waals surface area (Å²) >= 11 is 0. The topological polar surface area (TPSA) is 55.3 Å². The molecule has 1 fully saturated rings. The minimum absolute atomic E-state index is 0.619. The highest BCUT2D eigenvalue weighted by atomic mass is 16.3. The van der Waals surface area contributed by atoms with Crippen LogP contribution >= 0.6 is 0 Å². The number of nitrogens with two attached hydrogens (primary N) is 1. The molecule has 78 valence electrons. The van der Waals surface area contributed by atoms with Crippen molar-refractivity contribution in [1.29, 1.82) is 0 Å². The predicted octanol–water partition coefficient (Wildman–Crippen LogP) is 1.22. The Morgan fingerprint density at radius 1 is 1.47 bits per heavy atom. The van der Waals surface area contributed by atoms with Gasteiger partial charge in [0.05, 0.1) is 11.6 Å². The van der Waals surface area contributed by atoms with E-state index in [1.165, 1.54) is 0 Å². The summed E-state index contributed by atoms with van der Waals surface area (Å²) in [4.78, 5) is 6.64. The number of hydrogen-bond acceptors (Lipinski definition) is 4. The summed E-state index contributed by atoms with van der Waals surface area (Å²) in [5, 5.41) is 1.09. The van der Waals surface area contributed by atoms with Crippen LogP contribution in [-0.2, 0) is 0 Å². The SMILES string of the molecule is NCC1CN(c2nccc3occc23)C1. The van der Waals surface area contributed by atoms with Crippen molar-refractivity contribution in [2.45, 2.75) is 0 Å². The van der Waals surface area contributed by atoms with Crippen molar-refractivity contribution in [1.82, 2.24) is 4.98 Å². The van der Waals surface area contributed by atoms with Crippen molar-refractivity contribution in [3.8, 4) is 0 Å². The lowest BCUT2D eigenvalue weighted by atomic mass is 10.0. The van der Waals surface area contributed by atoms with Crippen LogP contribution < -0.4 is 10.6 Å². The Labute approximate surface area is 87.7 Å². The van der Waals surface area contributed by atoms with Crippen LogP contribution in [0.1, 0.15) is 0 Å². The molecule has 0 bridgehead atoms. The molecule has 4 nitrogen and oxygen atoms in total. The second kappa shape index (κ2) is 3.24. The lowest BCUT2D eigenvalue weighted by molar-refractivity contribution is 0.418. The van der Waals surface area contributed by atoms with Gasteiger partial charge in [-0.25, -0.2) is 4.98 Å². The van der Waals surface area contributed by atoms with Gasteiger partial charge in [0.25, 0.3) is 0 Å². The van der Waals surface area contributed by atoms with Crippen LogP contribution in [0.4, 0.5) is 5.82 Å². The molecule has 0 aromatic carbocycles. The van der Waals surface area contributed by atoms with Gasteiger partial charge in [-0.1, -0.05) is 0 Å². The average molecular weight is 203 g/mol. The Hall–Kier alpha value is -1.55. The van der Waals surface area contributed by atoms with Crippen LogP contribution in [0.25, 0.3) is 11.0 Å². The molecule has 1 saturated heterocycles. The number of nitrogens with zero attached hydrogens (tertiary/aromatic N) is 2. The van der Waals surface area contributed by atoms with Crippen LogP contribution in [0.3, 0.4) is 0 Å². The van der Waals surface area contributed by atoms with Gasteiger partial charge >= 0.3 is 0 Å². The smallest absolute Gasteiger partial charge is 0.139 e. The van der Waals surface area contributed by atoms with Gasteiger partial charge in [-0.15, -0.1) is 0 Å². The van der Waals surface area contributed by atoms with E-state index in [1.807, 2.05) is 12.1 Å². The average Bonchev–Trinajstić information content (AvgIpc) is 2.64. The highest BCUT2D eigenvalue weighted by Crippen LogP contribution is 2.29. The predicted molar refractivity (Wildman–Crippen MR) is 58.8 cm³/mol. The van der Waals surface area contributed by atoms with E-state index in [0.29, 0.717) is 5.92 Å². The first-order valence-electron chi connectivity index (χ1n) is 5.15. The number of rotatable bonds is 2. The van der Waals surface area contributed by atoms with E-state index in [4.69, 9.17) is 10.2 Å². The molecule has 0 spiro atoms. The summed E-state index contributed by atoms with van der Waals surface area (Å²) in [5.41, 5.74) is 6.50. The van der Waals surface area contributed by atoms with Crippen molar-refractivity contribution < 1.29 is 4.42 Å². The third-order valence-corrected chi connectivity index (χ3v) is 2.95. The minimum atomic E-state index is 0.619. The number of furan rings is 1. The second-order valence-electron chi connectivity index (χ2n) is 3.97. The zero-order valence-electron chi connectivity index (χ0n) is 8.39. The zero-order valence-corrected chi connectivity index (χ0v) is 8.39. The number of pyridine rings is 1. The van der Waals surface area contributed by atoms with Crippen LogP contribution in [0.5, 0.6) is 0 Å². The summed E-state index contributed by atoms with van der Waals surface area (Å²) in [5.74, 6) is 1.64. The van der Waals surface area contributed by atoms with Crippen molar-refractivity contribution in [2.24, 2.45) is 11.7 Å². The molecule has 0 atom stereocenters. The van der Waals surface area contributed by atoms with Crippen molar-refractivity contribution in [3.63, 3.8) is 0 Å². The Kier molecular flexibility index (Phi) is 1.89. The highest BCUT2D eigenvalue weighted by molar-refractivity contribution is 5.88. The van der Waals surface area contributed by atoms with Gasteiger partial charge in [0, 0.05) is 25.2 Å². The van der Waals surface area contributed by atoms with E-state index >= 15 is 0 Å². The maximum atomic E-state index is 5.60. The van der Waals surface area contributed by atoms with Crippen LogP contribution in [0.2, 0.25) is 0 Å².